The third kappa shape index (κ3) is 4.18. The fourth-order valence-electron chi connectivity index (χ4n) is 1.93. The van der Waals surface area contributed by atoms with E-state index in [-0.39, 0.29) is 11.8 Å². The second kappa shape index (κ2) is 6.06. The monoisotopic (exact) mass is 349 g/mol. The first-order valence-corrected chi connectivity index (χ1v) is 6.36. The summed E-state index contributed by atoms with van der Waals surface area (Å²) in [4.78, 5) is 10.4. The molecule has 2 aromatic rings. The minimum Gasteiger partial charge on any atom is -0.478 e. The van der Waals surface area contributed by atoms with E-state index in [9.17, 15) is 31.1 Å². The molecule has 3 nitrogen and oxygen atoms in total. The van der Waals surface area contributed by atoms with Crippen molar-refractivity contribution < 1.29 is 36.2 Å². The van der Waals surface area contributed by atoms with Crippen LogP contribution in [0.15, 0.2) is 42.7 Å². The lowest BCUT2D eigenvalue weighted by Crippen LogP contribution is -2.12. The SMILES string of the molecule is O=C(O)/C=C/c1ccn(-c2cc(C(F)(F)F)cc(C(F)(F)F)c2)c1. The number of carbonyl (C=O) groups is 1. The van der Waals surface area contributed by atoms with E-state index in [1.165, 1.54) is 18.5 Å². The van der Waals surface area contributed by atoms with Crippen molar-refractivity contribution in [3.8, 4) is 5.69 Å². The maximum Gasteiger partial charge on any atom is 0.416 e. The van der Waals surface area contributed by atoms with E-state index in [0.717, 1.165) is 16.7 Å². The van der Waals surface area contributed by atoms with E-state index in [1.807, 2.05) is 0 Å². The summed E-state index contributed by atoms with van der Waals surface area (Å²) in [6.45, 7) is 0. The molecule has 0 amide bonds. The highest BCUT2D eigenvalue weighted by molar-refractivity contribution is 5.85. The van der Waals surface area contributed by atoms with Gasteiger partial charge in [-0.25, -0.2) is 4.79 Å². The Labute approximate surface area is 131 Å². The number of alkyl halides is 6. The third-order valence-electron chi connectivity index (χ3n) is 3.00. The number of rotatable bonds is 3. The average Bonchev–Trinajstić information content (AvgIpc) is 2.91. The number of hydrogen-bond donors (Lipinski definition) is 1. The number of carboxylic acids is 1. The van der Waals surface area contributed by atoms with E-state index < -0.39 is 29.4 Å². The van der Waals surface area contributed by atoms with Gasteiger partial charge in [0.25, 0.3) is 0 Å². The van der Waals surface area contributed by atoms with Crippen molar-refractivity contribution in [1.82, 2.24) is 4.57 Å². The molecule has 1 aromatic carbocycles. The van der Waals surface area contributed by atoms with Crippen LogP contribution in [-0.4, -0.2) is 15.6 Å². The molecule has 9 heteroatoms. The van der Waals surface area contributed by atoms with Gasteiger partial charge in [0.15, 0.2) is 0 Å². The Morgan fingerprint density at radius 2 is 1.54 bits per heavy atom. The molecule has 2 rings (SSSR count). The summed E-state index contributed by atoms with van der Waals surface area (Å²) in [5.41, 5.74) is -2.89. The van der Waals surface area contributed by atoms with E-state index in [0.29, 0.717) is 17.7 Å². The molecule has 24 heavy (non-hydrogen) atoms. The largest absolute Gasteiger partial charge is 0.478 e. The molecule has 0 saturated carbocycles. The molecule has 1 heterocycles. The van der Waals surface area contributed by atoms with E-state index >= 15 is 0 Å². The fraction of sp³-hybridized carbons (Fsp3) is 0.133. The zero-order valence-electron chi connectivity index (χ0n) is 11.7. The molecule has 1 aromatic heterocycles. The maximum absolute atomic E-state index is 12.8. The van der Waals surface area contributed by atoms with Gasteiger partial charge in [-0.3, -0.25) is 0 Å². The molecule has 0 spiro atoms. The van der Waals surface area contributed by atoms with Crippen molar-refractivity contribution >= 4 is 12.0 Å². The van der Waals surface area contributed by atoms with Crippen LogP contribution in [0.3, 0.4) is 0 Å². The van der Waals surface area contributed by atoms with Gasteiger partial charge in [-0.15, -0.1) is 0 Å². The smallest absolute Gasteiger partial charge is 0.416 e. The van der Waals surface area contributed by atoms with Crippen molar-refractivity contribution in [2.24, 2.45) is 0 Å². The summed E-state index contributed by atoms with van der Waals surface area (Å²) in [5, 5.41) is 8.51. The summed E-state index contributed by atoms with van der Waals surface area (Å²) < 4.78 is 77.9. The van der Waals surface area contributed by atoms with Gasteiger partial charge in [0.1, 0.15) is 0 Å². The summed E-state index contributed by atoms with van der Waals surface area (Å²) in [6.07, 6.45) is -5.46. The summed E-state index contributed by atoms with van der Waals surface area (Å²) >= 11 is 0. The molecular formula is C15H9F6NO2. The zero-order chi connectivity index (χ0) is 18.1. The molecule has 0 aliphatic carbocycles. The Bertz CT molecular complexity index is 754. The highest BCUT2D eigenvalue weighted by Gasteiger charge is 2.37. The van der Waals surface area contributed by atoms with Gasteiger partial charge in [-0.2, -0.15) is 26.3 Å². The van der Waals surface area contributed by atoms with Crippen LogP contribution < -0.4 is 0 Å². The van der Waals surface area contributed by atoms with Gasteiger partial charge in [-0.1, -0.05) is 0 Å². The van der Waals surface area contributed by atoms with E-state index in [2.05, 4.69) is 0 Å². The Morgan fingerprint density at radius 3 is 2.00 bits per heavy atom. The number of nitrogens with zero attached hydrogens (tertiary/aromatic N) is 1. The van der Waals surface area contributed by atoms with Gasteiger partial charge in [0.05, 0.1) is 11.1 Å². The number of benzene rings is 1. The molecule has 0 atom stereocenters. The van der Waals surface area contributed by atoms with Crippen molar-refractivity contribution in [2.75, 3.05) is 0 Å². The molecule has 1 N–H and O–H groups in total. The summed E-state index contributed by atoms with van der Waals surface area (Å²) in [5.74, 6) is -1.24. The van der Waals surface area contributed by atoms with Crippen molar-refractivity contribution in [3.05, 3.63) is 59.4 Å². The van der Waals surface area contributed by atoms with Crippen molar-refractivity contribution in [1.29, 1.82) is 0 Å². The highest BCUT2D eigenvalue weighted by atomic mass is 19.4. The normalized spacial score (nSPS) is 12.8. The lowest BCUT2D eigenvalue weighted by Gasteiger charge is -2.14. The maximum atomic E-state index is 12.8. The third-order valence-corrected chi connectivity index (χ3v) is 3.00. The Kier molecular flexibility index (Phi) is 4.46. The number of hydrogen-bond acceptors (Lipinski definition) is 1. The van der Waals surface area contributed by atoms with Crippen LogP contribution >= 0.6 is 0 Å². The van der Waals surface area contributed by atoms with E-state index in [4.69, 9.17) is 5.11 Å². The molecule has 0 fully saturated rings. The molecule has 128 valence electrons. The highest BCUT2D eigenvalue weighted by Crippen LogP contribution is 2.37. The van der Waals surface area contributed by atoms with Gasteiger partial charge in [0.2, 0.25) is 0 Å². The second-order valence-electron chi connectivity index (χ2n) is 4.79. The molecule has 0 aliphatic heterocycles. The Balaban J connectivity index is 2.52. The van der Waals surface area contributed by atoms with Crippen LogP contribution in [0.25, 0.3) is 11.8 Å². The molecule has 0 unspecified atom stereocenters. The summed E-state index contributed by atoms with van der Waals surface area (Å²) in [6, 6.07) is 2.56. The quantitative estimate of drug-likeness (QED) is 0.649. The molecular weight excluding hydrogens is 340 g/mol. The number of aromatic nitrogens is 1. The van der Waals surface area contributed by atoms with Crippen LogP contribution in [-0.2, 0) is 17.1 Å². The van der Waals surface area contributed by atoms with Crippen LogP contribution in [0.2, 0.25) is 0 Å². The lowest BCUT2D eigenvalue weighted by atomic mass is 10.1. The van der Waals surface area contributed by atoms with Crippen molar-refractivity contribution in [2.45, 2.75) is 12.4 Å². The predicted molar refractivity (Wildman–Crippen MR) is 72.4 cm³/mol. The number of halogens is 6. The zero-order valence-corrected chi connectivity index (χ0v) is 11.7. The minimum atomic E-state index is -4.94. The summed E-state index contributed by atoms with van der Waals surface area (Å²) in [7, 11) is 0. The first-order valence-electron chi connectivity index (χ1n) is 6.36. The molecule has 0 radical (unpaired) electrons. The number of aliphatic carboxylic acids is 1. The van der Waals surface area contributed by atoms with Crippen LogP contribution in [0.5, 0.6) is 0 Å². The van der Waals surface area contributed by atoms with Gasteiger partial charge >= 0.3 is 18.3 Å². The van der Waals surface area contributed by atoms with Gasteiger partial charge in [-0.05, 0) is 35.9 Å². The predicted octanol–water partition coefficient (Wildman–Crippen LogP) is 4.61. The molecule has 0 saturated heterocycles. The lowest BCUT2D eigenvalue weighted by molar-refractivity contribution is -0.143. The van der Waals surface area contributed by atoms with E-state index in [1.54, 1.807) is 0 Å². The Morgan fingerprint density at radius 1 is 1.00 bits per heavy atom. The topological polar surface area (TPSA) is 42.2 Å². The van der Waals surface area contributed by atoms with Gasteiger partial charge < -0.3 is 9.67 Å². The fourth-order valence-corrected chi connectivity index (χ4v) is 1.93. The van der Waals surface area contributed by atoms with Crippen LogP contribution in [0.4, 0.5) is 26.3 Å². The van der Waals surface area contributed by atoms with Crippen molar-refractivity contribution in [3.63, 3.8) is 0 Å². The van der Waals surface area contributed by atoms with Gasteiger partial charge in [0, 0.05) is 24.2 Å². The standard InChI is InChI=1S/C15H9F6NO2/c16-14(17,18)10-5-11(15(19,20)21)7-12(6-10)22-4-3-9(8-22)1-2-13(23)24/h1-8H,(H,23,24)/b2-1+. The first-order chi connectivity index (χ1) is 11.0. The molecule has 0 bridgehead atoms. The second-order valence-corrected chi connectivity index (χ2v) is 4.79. The van der Waals surface area contributed by atoms with Crippen LogP contribution in [0, 0.1) is 0 Å². The molecule has 0 aliphatic rings. The number of carboxylic acid groups (broad SMARTS) is 1. The first kappa shape index (κ1) is 17.6. The van der Waals surface area contributed by atoms with Crippen LogP contribution in [0.1, 0.15) is 16.7 Å². The Hall–Kier alpha value is -2.71. The minimum absolute atomic E-state index is 0.0399. The average molecular weight is 349 g/mol.